The van der Waals surface area contributed by atoms with Crippen LogP contribution in [0.3, 0.4) is 0 Å². The maximum Gasteiger partial charge on any atom is 0.240 e. The molecule has 6 heteroatoms. The van der Waals surface area contributed by atoms with E-state index in [0.29, 0.717) is 31.0 Å². The second-order valence-electron chi connectivity index (χ2n) is 7.06. The monoisotopic (exact) mass is 386 g/mol. The highest BCUT2D eigenvalue weighted by molar-refractivity contribution is 7.89. The third-order valence-electron chi connectivity index (χ3n) is 4.95. The number of benzene rings is 2. The lowest BCUT2D eigenvalue weighted by Gasteiger charge is -2.11. The molecule has 0 saturated heterocycles. The molecular weight excluding hydrogens is 360 g/mol. The van der Waals surface area contributed by atoms with Crippen LogP contribution >= 0.6 is 0 Å². The molecule has 1 saturated carbocycles. The topological polar surface area (TPSA) is 75.3 Å². The molecular formula is C21H26N2O3S. The minimum atomic E-state index is -3.56. The van der Waals surface area contributed by atoms with Gasteiger partial charge in [0, 0.05) is 18.7 Å². The molecule has 0 radical (unpaired) electrons. The van der Waals surface area contributed by atoms with Gasteiger partial charge in [0.15, 0.2) is 0 Å². The van der Waals surface area contributed by atoms with E-state index in [1.54, 1.807) is 12.1 Å². The van der Waals surface area contributed by atoms with Gasteiger partial charge in [0.1, 0.15) is 0 Å². The zero-order valence-corrected chi connectivity index (χ0v) is 16.2. The quantitative estimate of drug-likeness (QED) is 0.726. The molecule has 1 fully saturated rings. The number of carbonyl (C=O) groups excluding carboxylic acids is 1. The molecule has 0 spiro atoms. The molecule has 2 aromatic rings. The summed E-state index contributed by atoms with van der Waals surface area (Å²) < 4.78 is 27.4. The first kappa shape index (κ1) is 19.6. The Labute approximate surface area is 161 Å². The Kier molecular flexibility index (Phi) is 6.63. The Hall–Kier alpha value is -2.18. The van der Waals surface area contributed by atoms with Crippen LogP contribution in [0.4, 0.5) is 5.69 Å². The van der Waals surface area contributed by atoms with Crippen molar-refractivity contribution in [2.24, 2.45) is 5.92 Å². The number of rotatable bonds is 8. The normalized spacial score (nSPS) is 15.0. The van der Waals surface area contributed by atoms with Gasteiger partial charge in [0.2, 0.25) is 15.9 Å². The van der Waals surface area contributed by atoms with Crippen LogP contribution in [0.1, 0.15) is 37.7 Å². The lowest BCUT2D eigenvalue weighted by Crippen LogP contribution is -2.26. The first-order valence-electron chi connectivity index (χ1n) is 9.46. The first-order chi connectivity index (χ1) is 13.0. The summed E-state index contributed by atoms with van der Waals surface area (Å²) >= 11 is 0. The van der Waals surface area contributed by atoms with Gasteiger partial charge in [-0.05, 0) is 55.0 Å². The van der Waals surface area contributed by atoms with Crippen molar-refractivity contribution in [3.8, 4) is 0 Å². The Balaban J connectivity index is 1.51. The summed E-state index contributed by atoms with van der Waals surface area (Å²) in [6.45, 7) is 0.340. The van der Waals surface area contributed by atoms with Gasteiger partial charge in [0.25, 0.3) is 0 Å². The van der Waals surface area contributed by atoms with Gasteiger partial charge in [-0.1, -0.05) is 43.2 Å². The average molecular weight is 387 g/mol. The van der Waals surface area contributed by atoms with Crippen LogP contribution in [0.25, 0.3) is 0 Å². The summed E-state index contributed by atoms with van der Waals surface area (Å²) in [5.74, 6) is 0.483. The van der Waals surface area contributed by atoms with Gasteiger partial charge in [0.05, 0.1) is 4.90 Å². The van der Waals surface area contributed by atoms with Gasteiger partial charge >= 0.3 is 0 Å². The van der Waals surface area contributed by atoms with E-state index in [9.17, 15) is 13.2 Å². The molecule has 0 heterocycles. The second-order valence-corrected chi connectivity index (χ2v) is 8.83. The zero-order chi connectivity index (χ0) is 19.1. The van der Waals surface area contributed by atoms with Crippen molar-refractivity contribution in [3.63, 3.8) is 0 Å². The van der Waals surface area contributed by atoms with Crippen LogP contribution in [0.15, 0.2) is 59.5 Å². The molecule has 1 amide bonds. The molecule has 1 aliphatic carbocycles. The third kappa shape index (κ3) is 5.91. The summed E-state index contributed by atoms with van der Waals surface area (Å²) in [6.07, 6.45) is 5.85. The van der Waals surface area contributed by atoms with E-state index < -0.39 is 10.0 Å². The highest BCUT2D eigenvalue weighted by Gasteiger charge is 2.19. The molecule has 0 bridgehead atoms. The Morgan fingerprint density at radius 1 is 0.963 bits per heavy atom. The van der Waals surface area contributed by atoms with Crippen molar-refractivity contribution in [3.05, 3.63) is 60.2 Å². The largest absolute Gasteiger partial charge is 0.326 e. The number of hydrogen-bond donors (Lipinski definition) is 2. The molecule has 27 heavy (non-hydrogen) atoms. The smallest absolute Gasteiger partial charge is 0.240 e. The minimum Gasteiger partial charge on any atom is -0.326 e. The zero-order valence-electron chi connectivity index (χ0n) is 15.4. The van der Waals surface area contributed by atoms with E-state index >= 15 is 0 Å². The predicted molar refractivity (Wildman–Crippen MR) is 107 cm³/mol. The van der Waals surface area contributed by atoms with Crippen molar-refractivity contribution in [1.82, 2.24) is 4.72 Å². The lowest BCUT2D eigenvalue weighted by atomic mass is 10.0. The maximum atomic E-state index is 12.4. The molecule has 2 aromatic carbocycles. The van der Waals surface area contributed by atoms with Crippen LogP contribution in [0.2, 0.25) is 0 Å². The standard InChI is InChI=1S/C21H26N2O3S/c24-21(16-18-8-4-5-9-18)23-19-10-12-20(13-11-19)27(25,26)22-15-14-17-6-2-1-3-7-17/h1-3,6-7,10-13,18,22H,4-5,8-9,14-16H2,(H,23,24). The molecule has 0 atom stereocenters. The van der Waals surface area contributed by atoms with Gasteiger partial charge < -0.3 is 5.32 Å². The van der Waals surface area contributed by atoms with Crippen LogP contribution in [0.5, 0.6) is 0 Å². The highest BCUT2D eigenvalue weighted by atomic mass is 32.2. The molecule has 5 nitrogen and oxygen atoms in total. The molecule has 3 rings (SSSR count). The van der Waals surface area contributed by atoms with Crippen molar-refractivity contribution < 1.29 is 13.2 Å². The third-order valence-corrected chi connectivity index (χ3v) is 6.42. The average Bonchev–Trinajstić information content (AvgIpc) is 3.16. The number of sulfonamides is 1. The highest BCUT2D eigenvalue weighted by Crippen LogP contribution is 2.27. The SMILES string of the molecule is O=C(CC1CCCC1)Nc1ccc(S(=O)(=O)NCCc2ccccc2)cc1. The van der Waals surface area contributed by atoms with Crippen molar-refractivity contribution in [2.75, 3.05) is 11.9 Å². The van der Waals surface area contributed by atoms with Crippen LogP contribution in [-0.2, 0) is 21.2 Å². The number of carbonyl (C=O) groups is 1. The maximum absolute atomic E-state index is 12.4. The van der Waals surface area contributed by atoms with Gasteiger partial charge in [-0.25, -0.2) is 13.1 Å². The van der Waals surface area contributed by atoms with E-state index in [-0.39, 0.29) is 10.8 Å². The minimum absolute atomic E-state index is 0.00140. The van der Waals surface area contributed by atoms with E-state index in [2.05, 4.69) is 10.0 Å². The fourth-order valence-corrected chi connectivity index (χ4v) is 4.50. The summed E-state index contributed by atoms with van der Waals surface area (Å²) in [7, 11) is -3.56. The molecule has 144 valence electrons. The second kappa shape index (κ2) is 9.15. The van der Waals surface area contributed by atoms with Gasteiger partial charge in [-0.3, -0.25) is 4.79 Å². The number of anilines is 1. The summed E-state index contributed by atoms with van der Waals surface area (Å²) in [5, 5.41) is 2.86. The van der Waals surface area contributed by atoms with E-state index in [1.807, 2.05) is 30.3 Å². The predicted octanol–water partition coefficient (Wildman–Crippen LogP) is 3.73. The van der Waals surface area contributed by atoms with Gasteiger partial charge in [-0.15, -0.1) is 0 Å². The molecule has 0 aromatic heterocycles. The van der Waals surface area contributed by atoms with E-state index in [1.165, 1.54) is 25.0 Å². The van der Waals surface area contributed by atoms with Crippen LogP contribution < -0.4 is 10.0 Å². The lowest BCUT2D eigenvalue weighted by molar-refractivity contribution is -0.117. The van der Waals surface area contributed by atoms with Crippen LogP contribution in [-0.4, -0.2) is 20.9 Å². The van der Waals surface area contributed by atoms with E-state index in [0.717, 1.165) is 18.4 Å². The van der Waals surface area contributed by atoms with E-state index in [4.69, 9.17) is 0 Å². The Bertz CT molecular complexity index is 843. The van der Waals surface area contributed by atoms with Crippen molar-refractivity contribution >= 4 is 21.6 Å². The number of nitrogens with one attached hydrogen (secondary N) is 2. The van der Waals surface area contributed by atoms with Crippen molar-refractivity contribution in [2.45, 2.75) is 43.4 Å². The van der Waals surface area contributed by atoms with Crippen molar-refractivity contribution in [1.29, 1.82) is 0 Å². The van der Waals surface area contributed by atoms with Gasteiger partial charge in [-0.2, -0.15) is 0 Å². The Morgan fingerprint density at radius 3 is 2.30 bits per heavy atom. The van der Waals surface area contributed by atoms with Crippen LogP contribution in [0, 0.1) is 5.92 Å². The molecule has 0 aliphatic heterocycles. The number of amides is 1. The molecule has 1 aliphatic rings. The first-order valence-corrected chi connectivity index (χ1v) is 10.9. The number of hydrogen-bond acceptors (Lipinski definition) is 3. The Morgan fingerprint density at radius 2 is 1.63 bits per heavy atom. The fourth-order valence-electron chi connectivity index (χ4n) is 3.46. The summed E-state index contributed by atoms with van der Waals surface area (Å²) in [6, 6.07) is 16.1. The molecule has 0 unspecified atom stereocenters. The molecule has 2 N–H and O–H groups in total. The summed E-state index contributed by atoms with van der Waals surface area (Å²) in [4.78, 5) is 12.3. The fraction of sp³-hybridized carbons (Fsp3) is 0.381. The summed E-state index contributed by atoms with van der Waals surface area (Å²) in [5.41, 5.74) is 1.71.